The second-order valence-electron chi connectivity index (χ2n) is 4.60. The molecule has 0 bridgehead atoms. The van der Waals surface area contributed by atoms with E-state index in [0.29, 0.717) is 24.7 Å². The summed E-state index contributed by atoms with van der Waals surface area (Å²) in [4.78, 5) is 4.32. The second-order valence-corrected chi connectivity index (χ2v) is 4.60. The maximum Gasteiger partial charge on any atom is 0.239 e. The molecule has 0 aliphatic carbocycles. The van der Waals surface area contributed by atoms with E-state index in [1.165, 1.54) is 0 Å². The van der Waals surface area contributed by atoms with Crippen molar-refractivity contribution in [2.75, 3.05) is 24.2 Å². The largest absolute Gasteiger partial charge is 0.473 e. The number of nitrogens with zero attached hydrogens (tertiary/aromatic N) is 1. The fraction of sp³-hybridized carbons (Fsp3) is 0.615. The Morgan fingerprint density at radius 2 is 1.94 bits per heavy atom. The third-order valence-electron chi connectivity index (χ3n) is 2.10. The number of rotatable bonds is 7. The third-order valence-corrected chi connectivity index (χ3v) is 2.10. The lowest BCUT2D eigenvalue weighted by atomic mass is 10.4. The normalized spacial score (nSPS) is 11.0. The minimum Gasteiger partial charge on any atom is -0.473 e. The molecule has 1 aromatic rings. The molecule has 0 saturated carbocycles. The summed E-state index contributed by atoms with van der Waals surface area (Å²) in [5.41, 5.74) is 6.34. The topological polar surface area (TPSA) is 69.4 Å². The van der Waals surface area contributed by atoms with E-state index >= 15 is 0 Å². The van der Waals surface area contributed by atoms with Crippen LogP contribution < -0.4 is 15.8 Å². The van der Waals surface area contributed by atoms with Crippen LogP contribution in [0.5, 0.6) is 5.88 Å². The summed E-state index contributed by atoms with van der Waals surface area (Å²) >= 11 is 0. The van der Waals surface area contributed by atoms with Crippen LogP contribution in [0, 0.1) is 0 Å². The molecule has 0 atom stereocenters. The van der Waals surface area contributed by atoms with E-state index in [0.717, 1.165) is 5.82 Å². The van der Waals surface area contributed by atoms with Crippen molar-refractivity contribution < 1.29 is 9.47 Å². The highest BCUT2D eigenvalue weighted by Gasteiger charge is 2.06. The smallest absolute Gasteiger partial charge is 0.239 e. The molecule has 18 heavy (non-hydrogen) atoms. The summed E-state index contributed by atoms with van der Waals surface area (Å²) in [6.45, 7) is 9.25. The zero-order chi connectivity index (χ0) is 13.5. The van der Waals surface area contributed by atoms with Gasteiger partial charge in [-0.25, -0.2) is 0 Å². The molecule has 0 amide bonds. The molecule has 0 aliphatic heterocycles. The number of nitrogen functional groups attached to an aromatic ring is 1. The Kier molecular flexibility index (Phi) is 5.71. The van der Waals surface area contributed by atoms with Crippen LogP contribution >= 0.6 is 0 Å². The summed E-state index contributed by atoms with van der Waals surface area (Å²) in [5.74, 6) is 1.21. The van der Waals surface area contributed by atoms with Gasteiger partial charge in [0.2, 0.25) is 5.88 Å². The Bertz CT molecular complexity index is 367. The van der Waals surface area contributed by atoms with Crippen LogP contribution in [0.3, 0.4) is 0 Å². The van der Waals surface area contributed by atoms with Gasteiger partial charge in [0.1, 0.15) is 5.82 Å². The molecule has 5 heteroatoms. The summed E-state index contributed by atoms with van der Waals surface area (Å²) in [6, 6.07) is 3.62. The Balaban J connectivity index is 2.51. The lowest BCUT2D eigenvalue weighted by molar-refractivity contribution is 0.0870. The van der Waals surface area contributed by atoms with Gasteiger partial charge in [0.25, 0.3) is 0 Å². The Labute approximate surface area is 109 Å². The van der Waals surface area contributed by atoms with Gasteiger partial charge in [-0.15, -0.1) is 0 Å². The molecule has 0 unspecified atom stereocenters. The Hall–Kier alpha value is -1.49. The van der Waals surface area contributed by atoms with Crippen molar-refractivity contribution in [3.8, 4) is 5.88 Å². The van der Waals surface area contributed by atoms with Crippen molar-refractivity contribution in [2.24, 2.45) is 0 Å². The summed E-state index contributed by atoms with van der Waals surface area (Å²) in [7, 11) is 0. The number of nitrogens with one attached hydrogen (secondary N) is 1. The zero-order valence-corrected chi connectivity index (χ0v) is 11.6. The molecule has 0 spiro atoms. The van der Waals surface area contributed by atoms with Crippen molar-refractivity contribution in [3.05, 3.63) is 12.1 Å². The Morgan fingerprint density at radius 1 is 1.22 bits per heavy atom. The van der Waals surface area contributed by atoms with E-state index in [1.807, 2.05) is 33.8 Å². The molecule has 1 heterocycles. The number of ether oxygens (including phenoxy) is 2. The molecule has 0 radical (unpaired) electrons. The number of aromatic nitrogens is 1. The maximum absolute atomic E-state index is 5.79. The van der Waals surface area contributed by atoms with E-state index in [4.69, 9.17) is 15.2 Å². The van der Waals surface area contributed by atoms with Crippen LogP contribution in [-0.2, 0) is 4.74 Å². The minimum atomic E-state index is 0.0549. The molecular formula is C13H23N3O2. The monoisotopic (exact) mass is 253 g/mol. The van der Waals surface area contributed by atoms with Crippen molar-refractivity contribution in [3.63, 3.8) is 0 Å². The van der Waals surface area contributed by atoms with Gasteiger partial charge in [0.15, 0.2) is 0 Å². The molecule has 1 rings (SSSR count). The minimum absolute atomic E-state index is 0.0549. The number of nitrogens with two attached hydrogens (primary N) is 1. The third kappa shape index (κ3) is 5.23. The van der Waals surface area contributed by atoms with Gasteiger partial charge in [0, 0.05) is 6.54 Å². The van der Waals surface area contributed by atoms with Gasteiger partial charge in [-0.3, -0.25) is 0 Å². The molecule has 3 N–H and O–H groups in total. The average molecular weight is 253 g/mol. The lowest BCUT2D eigenvalue weighted by Crippen LogP contribution is -2.15. The molecular weight excluding hydrogens is 230 g/mol. The fourth-order valence-corrected chi connectivity index (χ4v) is 1.34. The van der Waals surface area contributed by atoms with Gasteiger partial charge in [-0.2, -0.15) is 4.98 Å². The van der Waals surface area contributed by atoms with Gasteiger partial charge in [0.05, 0.1) is 24.5 Å². The van der Waals surface area contributed by atoms with Gasteiger partial charge < -0.3 is 20.5 Å². The molecule has 5 nitrogen and oxygen atoms in total. The van der Waals surface area contributed by atoms with Gasteiger partial charge >= 0.3 is 0 Å². The van der Waals surface area contributed by atoms with Crippen LogP contribution in [0.15, 0.2) is 12.1 Å². The molecule has 0 saturated heterocycles. The number of anilines is 2. The predicted octanol–water partition coefficient (Wildman–Crippen LogP) is 2.29. The summed E-state index contributed by atoms with van der Waals surface area (Å²) < 4.78 is 11.0. The lowest BCUT2D eigenvalue weighted by Gasteiger charge is -2.13. The first kappa shape index (κ1) is 14.6. The van der Waals surface area contributed by atoms with Gasteiger partial charge in [-0.05, 0) is 39.8 Å². The van der Waals surface area contributed by atoms with E-state index < -0.39 is 0 Å². The first-order valence-corrected chi connectivity index (χ1v) is 6.27. The second kappa shape index (κ2) is 7.06. The van der Waals surface area contributed by atoms with Crippen LogP contribution in [0.25, 0.3) is 0 Å². The highest BCUT2D eigenvalue weighted by Crippen LogP contribution is 2.21. The summed E-state index contributed by atoms with van der Waals surface area (Å²) in [6.07, 6.45) is 0.297. The molecule has 1 aromatic heterocycles. The standard InChI is InChI=1S/C13H23N3O2/c1-9(2)17-8-7-15-12-6-5-11(14)13(16-12)18-10(3)4/h5-6,9-10H,7-8,14H2,1-4H3,(H,15,16). The van der Waals surface area contributed by atoms with Crippen molar-refractivity contribution in [1.29, 1.82) is 0 Å². The number of pyridine rings is 1. The maximum atomic E-state index is 5.79. The molecule has 102 valence electrons. The van der Waals surface area contributed by atoms with E-state index in [1.54, 1.807) is 6.07 Å². The quantitative estimate of drug-likeness (QED) is 0.730. The van der Waals surface area contributed by atoms with Gasteiger partial charge in [-0.1, -0.05) is 0 Å². The highest BCUT2D eigenvalue weighted by atomic mass is 16.5. The molecule has 0 aromatic carbocycles. The van der Waals surface area contributed by atoms with Crippen LogP contribution in [0.2, 0.25) is 0 Å². The fourth-order valence-electron chi connectivity index (χ4n) is 1.34. The van der Waals surface area contributed by atoms with Crippen LogP contribution in [-0.4, -0.2) is 30.3 Å². The van der Waals surface area contributed by atoms with Crippen molar-refractivity contribution in [2.45, 2.75) is 39.9 Å². The first-order chi connectivity index (χ1) is 8.49. The number of hydrogen-bond acceptors (Lipinski definition) is 5. The molecule has 0 fully saturated rings. The zero-order valence-electron chi connectivity index (χ0n) is 11.6. The van der Waals surface area contributed by atoms with Crippen molar-refractivity contribution >= 4 is 11.5 Å². The summed E-state index contributed by atoms with van der Waals surface area (Å²) in [5, 5.41) is 3.17. The van der Waals surface area contributed by atoms with Crippen LogP contribution in [0.4, 0.5) is 11.5 Å². The van der Waals surface area contributed by atoms with E-state index in [9.17, 15) is 0 Å². The van der Waals surface area contributed by atoms with Crippen molar-refractivity contribution in [1.82, 2.24) is 4.98 Å². The van der Waals surface area contributed by atoms with E-state index in [2.05, 4.69) is 10.3 Å². The SMILES string of the molecule is CC(C)OCCNc1ccc(N)c(OC(C)C)n1. The molecule has 0 aliphatic rings. The average Bonchev–Trinajstić information content (AvgIpc) is 2.27. The highest BCUT2D eigenvalue weighted by molar-refractivity contribution is 5.53. The number of hydrogen-bond donors (Lipinski definition) is 2. The van der Waals surface area contributed by atoms with Crippen LogP contribution in [0.1, 0.15) is 27.7 Å². The predicted molar refractivity (Wildman–Crippen MR) is 74.0 cm³/mol. The van der Waals surface area contributed by atoms with E-state index in [-0.39, 0.29) is 12.2 Å². The Morgan fingerprint density at radius 3 is 2.56 bits per heavy atom. The first-order valence-electron chi connectivity index (χ1n) is 6.27.